The first-order valence-electron chi connectivity index (χ1n) is 13.6. The number of rotatable bonds is 5. The Balaban J connectivity index is 1.70. The molecule has 0 amide bonds. The number of hydrogen-bond donors (Lipinski definition) is 1. The minimum absolute atomic E-state index is 0.0184. The molecular formula is C29H39N7O2. The fraction of sp³-hybridized carbons (Fsp3) is 0.483. The van der Waals surface area contributed by atoms with Crippen molar-refractivity contribution < 1.29 is 9.47 Å². The van der Waals surface area contributed by atoms with Gasteiger partial charge in [-0.05, 0) is 63.1 Å². The standard InChI is InChI=1S/C29H39N7O2/c1-8-35-16-20(6)38-29-24(14-30-34(29)7)21-9-11-25-23(13-21)26(32-31-25)12-10-22-27(17-35)36(15-18(2)3)33-28(22)37-19(4)5/h9-14,18-20H,8,15-17H2,1-7H3,(H,31,32)/b12-10+. The summed E-state index contributed by atoms with van der Waals surface area (Å²) in [6, 6.07) is 6.26. The van der Waals surface area contributed by atoms with E-state index in [0.717, 1.165) is 71.0 Å². The number of aryl methyl sites for hydroxylation is 1. The van der Waals surface area contributed by atoms with Gasteiger partial charge in [0.05, 0.1) is 40.3 Å². The number of likely N-dealkylation sites (N-methyl/N-ethyl adjacent to an activating group) is 1. The highest BCUT2D eigenvalue weighted by Crippen LogP contribution is 2.34. The Morgan fingerprint density at radius 3 is 2.74 bits per heavy atom. The number of benzene rings is 1. The summed E-state index contributed by atoms with van der Waals surface area (Å²) in [5.74, 6) is 1.88. The van der Waals surface area contributed by atoms with E-state index in [1.165, 1.54) is 0 Å². The van der Waals surface area contributed by atoms with Crippen LogP contribution in [0.25, 0.3) is 34.2 Å². The molecule has 0 fully saturated rings. The third kappa shape index (κ3) is 5.20. The lowest BCUT2D eigenvalue weighted by molar-refractivity contribution is 0.134. The van der Waals surface area contributed by atoms with Gasteiger partial charge in [0.15, 0.2) is 0 Å². The molecule has 5 rings (SSSR count). The van der Waals surface area contributed by atoms with Crippen molar-refractivity contribution in [3.05, 3.63) is 41.3 Å². The van der Waals surface area contributed by atoms with Crippen molar-refractivity contribution in [1.82, 2.24) is 34.7 Å². The van der Waals surface area contributed by atoms with E-state index in [-0.39, 0.29) is 12.2 Å². The maximum Gasteiger partial charge on any atom is 0.240 e. The molecule has 4 aromatic rings. The number of H-pyrrole nitrogens is 1. The van der Waals surface area contributed by atoms with Gasteiger partial charge in [0.2, 0.25) is 11.8 Å². The van der Waals surface area contributed by atoms with Crippen LogP contribution in [0.4, 0.5) is 0 Å². The monoisotopic (exact) mass is 517 g/mol. The third-order valence-electron chi connectivity index (χ3n) is 6.79. The fourth-order valence-corrected chi connectivity index (χ4v) is 4.99. The van der Waals surface area contributed by atoms with Crippen LogP contribution >= 0.6 is 0 Å². The predicted octanol–water partition coefficient (Wildman–Crippen LogP) is 5.38. The van der Waals surface area contributed by atoms with Crippen molar-refractivity contribution >= 4 is 23.1 Å². The lowest BCUT2D eigenvalue weighted by atomic mass is 10.1. The summed E-state index contributed by atoms with van der Waals surface area (Å²) in [5.41, 5.74) is 6.00. The van der Waals surface area contributed by atoms with Crippen LogP contribution in [-0.2, 0) is 20.1 Å². The predicted molar refractivity (Wildman–Crippen MR) is 151 cm³/mol. The van der Waals surface area contributed by atoms with E-state index in [9.17, 15) is 0 Å². The molecule has 0 saturated heterocycles. The number of nitrogens with one attached hydrogen (secondary N) is 1. The van der Waals surface area contributed by atoms with E-state index in [2.05, 4.69) is 76.9 Å². The van der Waals surface area contributed by atoms with E-state index in [1.807, 2.05) is 37.8 Å². The SMILES string of the molecule is CCN1Cc2c(c(OC(C)C)nn2CC(C)C)/C=C/c2[nH]nc3ccc(cc23)-c2cnn(C)c2OC(C)C1. The number of nitrogens with zero attached hydrogens (tertiary/aromatic N) is 6. The summed E-state index contributed by atoms with van der Waals surface area (Å²) in [6.07, 6.45) is 6.06. The van der Waals surface area contributed by atoms with E-state index >= 15 is 0 Å². The molecule has 38 heavy (non-hydrogen) atoms. The highest BCUT2D eigenvalue weighted by Gasteiger charge is 2.24. The Morgan fingerprint density at radius 1 is 1.18 bits per heavy atom. The average Bonchev–Trinajstić information content (AvgIpc) is 3.52. The minimum Gasteiger partial charge on any atom is -0.473 e. The second-order valence-electron chi connectivity index (χ2n) is 10.9. The topological polar surface area (TPSA) is 86.0 Å². The molecule has 1 aromatic carbocycles. The summed E-state index contributed by atoms with van der Waals surface area (Å²) < 4.78 is 16.7. The fourth-order valence-electron chi connectivity index (χ4n) is 4.99. The van der Waals surface area contributed by atoms with E-state index in [0.29, 0.717) is 11.8 Å². The first-order valence-corrected chi connectivity index (χ1v) is 13.6. The Morgan fingerprint density at radius 2 is 2.00 bits per heavy atom. The van der Waals surface area contributed by atoms with Gasteiger partial charge in [0, 0.05) is 32.1 Å². The summed E-state index contributed by atoms with van der Waals surface area (Å²) in [6.45, 7) is 16.0. The molecule has 0 spiro atoms. The van der Waals surface area contributed by atoms with Crippen LogP contribution in [0.1, 0.15) is 58.5 Å². The summed E-state index contributed by atoms with van der Waals surface area (Å²) in [4.78, 5) is 2.40. The van der Waals surface area contributed by atoms with Crippen molar-refractivity contribution in [2.75, 3.05) is 13.1 Å². The van der Waals surface area contributed by atoms with Gasteiger partial charge < -0.3 is 9.47 Å². The highest BCUT2D eigenvalue weighted by molar-refractivity contribution is 5.93. The van der Waals surface area contributed by atoms with Gasteiger partial charge in [-0.15, -0.1) is 5.10 Å². The Kier molecular flexibility index (Phi) is 7.29. The Labute approximate surface area is 224 Å². The zero-order valence-electron chi connectivity index (χ0n) is 23.5. The summed E-state index contributed by atoms with van der Waals surface area (Å²) in [5, 5.41) is 18.3. The maximum atomic E-state index is 6.54. The molecule has 1 N–H and O–H groups in total. The van der Waals surface area contributed by atoms with Gasteiger partial charge in [0.25, 0.3) is 0 Å². The van der Waals surface area contributed by atoms with Crippen LogP contribution in [0, 0.1) is 5.92 Å². The molecule has 2 bridgehead atoms. The van der Waals surface area contributed by atoms with Gasteiger partial charge in [-0.2, -0.15) is 10.2 Å². The molecule has 1 unspecified atom stereocenters. The number of aromatic nitrogens is 6. The molecule has 1 aliphatic heterocycles. The van der Waals surface area contributed by atoms with Crippen LogP contribution in [-0.4, -0.2) is 60.0 Å². The van der Waals surface area contributed by atoms with Crippen molar-refractivity contribution in [1.29, 1.82) is 0 Å². The van der Waals surface area contributed by atoms with Crippen molar-refractivity contribution in [2.24, 2.45) is 13.0 Å². The van der Waals surface area contributed by atoms with Gasteiger partial charge >= 0.3 is 0 Å². The second-order valence-corrected chi connectivity index (χ2v) is 10.9. The first-order chi connectivity index (χ1) is 18.2. The smallest absolute Gasteiger partial charge is 0.240 e. The van der Waals surface area contributed by atoms with Crippen LogP contribution in [0.15, 0.2) is 24.4 Å². The molecule has 9 nitrogen and oxygen atoms in total. The molecule has 0 aliphatic carbocycles. The quantitative estimate of drug-likeness (QED) is 0.383. The summed E-state index contributed by atoms with van der Waals surface area (Å²) in [7, 11) is 1.93. The Hall–Kier alpha value is -3.59. The zero-order valence-corrected chi connectivity index (χ0v) is 23.5. The van der Waals surface area contributed by atoms with Gasteiger partial charge in [-0.3, -0.25) is 14.7 Å². The molecule has 202 valence electrons. The largest absolute Gasteiger partial charge is 0.473 e. The van der Waals surface area contributed by atoms with Crippen molar-refractivity contribution in [3.63, 3.8) is 0 Å². The van der Waals surface area contributed by atoms with Crippen LogP contribution < -0.4 is 9.47 Å². The molecule has 1 aliphatic rings. The van der Waals surface area contributed by atoms with Gasteiger partial charge in [-0.1, -0.05) is 26.8 Å². The summed E-state index contributed by atoms with van der Waals surface area (Å²) >= 11 is 0. The molecule has 0 saturated carbocycles. The van der Waals surface area contributed by atoms with E-state index < -0.39 is 0 Å². The van der Waals surface area contributed by atoms with Crippen molar-refractivity contribution in [2.45, 2.75) is 66.8 Å². The molecule has 1 atom stereocenters. The van der Waals surface area contributed by atoms with Crippen LogP contribution in [0.3, 0.4) is 0 Å². The normalized spacial score (nSPS) is 17.3. The second kappa shape index (κ2) is 10.6. The van der Waals surface area contributed by atoms with Gasteiger partial charge in [-0.25, -0.2) is 4.68 Å². The molecule has 4 heterocycles. The lowest BCUT2D eigenvalue weighted by Gasteiger charge is -2.26. The average molecular weight is 518 g/mol. The van der Waals surface area contributed by atoms with Crippen molar-refractivity contribution in [3.8, 4) is 22.9 Å². The van der Waals surface area contributed by atoms with E-state index in [4.69, 9.17) is 14.6 Å². The maximum absolute atomic E-state index is 6.54. The van der Waals surface area contributed by atoms with Gasteiger partial charge in [0.1, 0.15) is 6.10 Å². The number of fused-ring (bicyclic) bond motifs is 4. The molecule has 3 aromatic heterocycles. The molecule has 0 radical (unpaired) electrons. The third-order valence-corrected chi connectivity index (χ3v) is 6.79. The number of aromatic amines is 1. The van der Waals surface area contributed by atoms with Crippen LogP contribution in [0.2, 0.25) is 0 Å². The minimum atomic E-state index is -0.0470. The molecule has 9 heteroatoms. The number of hydrogen-bond acceptors (Lipinski definition) is 6. The van der Waals surface area contributed by atoms with E-state index in [1.54, 1.807) is 0 Å². The first kappa shape index (κ1) is 26.0. The molecular weight excluding hydrogens is 478 g/mol. The zero-order chi connectivity index (χ0) is 27.0. The van der Waals surface area contributed by atoms with Crippen LogP contribution in [0.5, 0.6) is 11.8 Å². The number of ether oxygens (including phenoxy) is 2. The highest BCUT2D eigenvalue weighted by atomic mass is 16.5. The Bertz CT molecular complexity index is 1440. The lowest BCUT2D eigenvalue weighted by Crippen LogP contribution is -2.34.